The summed E-state index contributed by atoms with van der Waals surface area (Å²) in [5, 5.41) is 83.9. The van der Waals surface area contributed by atoms with Crippen LogP contribution in [0, 0.1) is 10.8 Å². The number of alkyl carbamates (subject to hydrolysis) is 1. The lowest BCUT2D eigenvalue weighted by atomic mass is 9.40. The molecule has 2 aromatic heterocycles. The Labute approximate surface area is 574 Å². The molecule has 5 aromatic rings. The third-order valence-corrected chi connectivity index (χ3v) is 21.9. The molecule has 8 N–H and O–H groups in total. The normalized spacial score (nSPS) is 27.2. The number of rotatable bonds is 20. The number of pyridine rings is 1. The summed E-state index contributed by atoms with van der Waals surface area (Å²) in [7, 11) is 1.87. The number of ketones is 1. The average Bonchev–Trinajstić information content (AvgIpc) is 1.42. The van der Waals surface area contributed by atoms with Gasteiger partial charge in [-0.2, -0.15) is 0 Å². The van der Waals surface area contributed by atoms with Gasteiger partial charge < -0.3 is 79.6 Å². The molecule has 6 aliphatic rings. The van der Waals surface area contributed by atoms with Gasteiger partial charge in [-0.15, -0.1) is 10.2 Å². The van der Waals surface area contributed by atoms with Crippen LogP contribution in [0.2, 0.25) is 10.6 Å². The highest BCUT2D eigenvalue weighted by Crippen LogP contribution is 2.93. The van der Waals surface area contributed by atoms with Crippen LogP contribution in [-0.2, 0) is 47.7 Å². The predicted molar refractivity (Wildman–Crippen MR) is 359 cm³/mol. The van der Waals surface area contributed by atoms with E-state index < -0.39 is 137 Å². The summed E-state index contributed by atoms with van der Waals surface area (Å²) in [6, 6.07) is 21.0. The molecule has 3 aromatic carbocycles. The first-order chi connectivity index (χ1) is 46.7. The van der Waals surface area contributed by atoms with Crippen molar-refractivity contribution in [3.05, 3.63) is 125 Å². The monoisotopic (exact) mass is 1360 g/mol. The van der Waals surface area contributed by atoms with E-state index in [0.29, 0.717) is 49.5 Å². The van der Waals surface area contributed by atoms with Crippen LogP contribution in [0.4, 0.5) is 10.6 Å². The number of benzene rings is 3. The van der Waals surface area contributed by atoms with Crippen LogP contribution in [0.1, 0.15) is 160 Å². The summed E-state index contributed by atoms with van der Waals surface area (Å²) in [6.07, 6.45) is -11.6. The number of anilines is 1. The van der Waals surface area contributed by atoms with Gasteiger partial charge >= 0.3 is 18.0 Å². The molecule has 3 aliphatic heterocycles. The molecular weight excluding hydrogens is 1280 g/mol. The molecule has 528 valence electrons. The van der Waals surface area contributed by atoms with E-state index in [1.807, 2.05) is 25.8 Å². The molecule has 5 heterocycles. The molecule has 12 atom stereocenters. The molecule has 3 saturated heterocycles. The van der Waals surface area contributed by atoms with Gasteiger partial charge in [0.1, 0.15) is 46.8 Å². The van der Waals surface area contributed by atoms with E-state index in [1.54, 1.807) is 132 Å². The van der Waals surface area contributed by atoms with Gasteiger partial charge in [0, 0.05) is 86.3 Å². The first-order valence-corrected chi connectivity index (χ1v) is 33.8. The van der Waals surface area contributed by atoms with Crippen molar-refractivity contribution in [2.45, 2.75) is 197 Å². The quantitative estimate of drug-likeness (QED) is 0.0132. The van der Waals surface area contributed by atoms with Crippen LogP contribution < -0.4 is 15.5 Å². The third-order valence-electron chi connectivity index (χ3n) is 21.9. The highest BCUT2D eigenvalue weighted by molar-refractivity contribution is 7.04. The number of carbonyl (C=O) groups excluding carboxylic acids is 7. The maximum absolute atomic E-state index is 15.7. The minimum absolute atomic E-state index is 0.0557. The van der Waals surface area contributed by atoms with E-state index >= 15 is 9.59 Å². The number of esters is 2. The van der Waals surface area contributed by atoms with Crippen molar-refractivity contribution < 1.29 is 87.9 Å². The lowest BCUT2D eigenvalue weighted by Crippen LogP contribution is -2.72. The molecule has 3 unspecified atom stereocenters. The molecule has 3 amide bonds. The Kier molecular flexibility index (Phi) is 19.4. The van der Waals surface area contributed by atoms with Crippen molar-refractivity contribution in [1.82, 2.24) is 35.3 Å². The largest absolute Gasteiger partial charge is 0.508 e. The number of carbonyl (C=O) groups is 7. The van der Waals surface area contributed by atoms with Gasteiger partial charge in [0.2, 0.25) is 24.5 Å². The molecule has 0 radical (unpaired) electrons. The number of likely N-dealkylation sites (tertiary alicyclic amines) is 1. The van der Waals surface area contributed by atoms with Crippen LogP contribution in [0.3, 0.4) is 0 Å². The topological polar surface area (TPSA) is 361 Å². The number of fused-ring (bicyclic) bond motifs is 2. The molecule has 2 spiro atoms. The van der Waals surface area contributed by atoms with Crippen molar-refractivity contribution in [2.75, 3.05) is 38.2 Å². The molecule has 5 fully saturated rings. The minimum Gasteiger partial charge on any atom is -0.508 e. The fraction of sp³-hybridized carbons (Fsp3) is 0.528. The Morgan fingerprint density at radius 1 is 0.899 bits per heavy atom. The SMILES string of the molecule is CCNC(=O)c1nnc(-c2cc(C(C)C)c(O)cc2O)n1-c1ccc(N(C)C2CCN(C(=O)CCC(=O)O[C@H](C(=O)O[C@@H]3C[C@]4(O)[C@H](OC(O)c5ccccc5)[C@@]56B(C(C)=O)C57COC7C[C@@H](O)[C@]6(C)C(=O)[C@@H](O)C(=C3C)C4(C)C)[C@H](NC(=O)OC(C)(C)C)c3ccccc3)CC2)nc1. The first kappa shape index (κ1) is 71.7. The zero-order valence-corrected chi connectivity index (χ0v) is 57.8. The van der Waals surface area contributed by atoms with Crippen molar-refractivity contribution in [3.8, 4) is 28.6 Å². The van der Waals surface area contributed by atoms with E-state index in [-0.39, 0.29) is 88.3 Å². The van der Waals surface area contributed by atoms with Crippen LogP contribution in [0.25, 0.3) is 17.1 Å². The van der Waals surface area contributed by atoms with Crippen molar-refractivity contribution in [3.63, 3.8) is 0 Å². The number of nitrogens with one attached hydrogen (secondary N) is 2. The fourth-order valence-corrected chi connectivity index (χ4v) is 16.9. The average molecular weight is 1370 g/mol. The number of hydrogen-bond acceptors (Lipinski definition) is 22. The second-order valence-electron chi connectivity index (χ2n) is 29.2. The number of amides is 3. The molecule has 2 bridgehead atoms. The second-order valence-corrected chi connectivity index (χ2v) is 29.2. The summed E-state index contributed by atoms with van der Waals surface area (Å²) in [4.78, 5) is 110. The number of hydrogen-bond donors (Lipinski definition) is 8. The first-order valence-electron chi connectivity index (χ1n) is 33.8. The maximum Gasteiger partial charge on any atom is 0.408 e. The summed E-state index contributed by atoms with van der Waals surface area (Å²) >= 11 is 0. The van der Waals surface area contributed by atoms with Crippen molar-refractivity contribution in [2.24, 2.45) is 10.8 Å². The number of phenols is 2. The van der Waals surface area contributed by atoms with Gasteiger partial charge in [0.05, 0.1) is 53.3 Å². The Balaban J connectivity index is 0.844. The third kappa shape index (κ3) is 12.1. The molecule has 11 rings (SSSR count). The maximum atomic E-state index is 15.7. The van der Waals surface area contributed by atoms with E-state index in [4.69, 9.17) is 28.7 Å². The second kappa shape index (κ2) is 26.8. The predicted octanol–water partition coefficient (Wildman–Crippen LogP) is 6.70. The summed E-state index contributed by atoms with van der Waals surface area (Å²) in [5.41, 5.74) is -5.85. The number of phenolic OH excluding ortho intramolecular Hbond substituents is 2. The lowest BCUT2D eigenvalue weighted by molar-refractivity contribution is -0.282. The van der Waals surface area contributed by atoms with Gasteiger partial charge in [-0.1, -0.05) is 95.3 Å². The van der Waals surface area contributed by atoms with Crippen LogP contribution >= 0.6 is 0 Å². The number of aromatic nitrogens is 4. The van der Waals surface area contributed by atoms with Crippen molar-refractivity contribution in [1.29, 1.82) is 0 Å². The Morgan fingerprint density at radius 2 is 1.56 bits per heavy atom. The number of aliphatic hydroxyl groups is 4. The van der Waals surface area contributed by atoms with Crippen molar-refractivity contribution >= 4 is 53.8 Å². The van der Waals surface area contributed by atoms with E-state index in [2.05, 4.69) is 20.8 Å². The summed E-state index contributed by atoms with van der Waals surface area (Å²) < 4.78 is 32.6. The molecule has 2 saturated carbocycles. The fourth-order valence-electron chi connectivity index (χ4n) is 16.9. The molecule has 3 aliphatic carbocycles. The molecule has 99 heavy (non-hydrogen) atoms. The zero-order chi connectivity index (χ0) is 71.8. The highest BCUT2D eigenvalue weighted by Gasteiger charge is 2.99. The smallest absolute Gasteiger partial charge is 0.408 e. The zero-order valence-electron chi connectivity index (χ0n) is 57.8. The molecule has 27 heteroatoms. The molecular formula is C72H89BN8O18. The van der Waals surface area contributed by atoms with Gasteiger partial charge in [0.15, 0.2) is 17.9 Å². The van der Waals surface area contributed by atoms with Crippen LogP contribution in [0.5, 0.6) is 11.5 Å². The Bertz CT molecular complexity index is 3990. The number of piperidine rings is 1. The lowest BCUT2D eigenvalue weighted by Gasteiger charge is -2.65. The van der Waals surface area contributed by atoms with Crippen LogP contribution in [0.15, 0.2) is 102 Å². The number of nitrogens with zero attached hydrogens (tertiary/aromatic N) is 6. The van der Waals surface area contributed by atoms with Crippen LogP contribution in [-0.4, -0.2) is 190 Å². The van der Waals surface area contributed by atoms with Gasteiger partial charge in [-0.3, -0.25) is 23.7 Å². The minimum atomic E-state index is -2.40. The standard InChI is InChI=1S/C72H89BN8O18/c1-13-74-62(90)61-78-77-60(46-32-45(38(2)3)47(83)33-48(46)84)81(61)44-24-25-52(75-36-44)79(12)43-28-30-80(31-29-43)53(86)26-27-54(87)97-58(56(41-20-16-14-17-21-41)76-66(93)99-67(6,7)8)64(92)96-49-35-71(94)65(98-63(91)42-22-18-15-19-23-42)72-69(11,59(89)57(88)55(39(49)4)68(71,9)10)50(85)34-51-70(72,37-95-51)73(72)40(5)82/h14-25,32-33,36,38,43,49-51,56-58,63,65,83-85,88,91,94H,13,26-31,34-35,37H2,1-12H3,(H,74,90)(H,76,93)/t49-,50-,51?,56-,57+,58+,63?,65+,69-,70?,71+,72+/m1/s1. The van der Waals surface area contributed by atoms with Gasteiger partial charge in [-0.05, 0) is 101 Å². The highest BCUT2D eigenvalue weighted by atomic mass is 16.6. The number of aromatic hydroxyl groups is 2. The number of aliphatic hydroxyl groups excluding tert-OH is 3. The number of ether oxygens (including phenoxy) is 5. The molecule has 26 nitrogen and oxygen atoms in total. The van der Waals surface area contributed by atoms with E-state index in [9.17, 15) is 54.6 Å². The number of Topliss-reactive ketones (excluding diaryl/α,β-unsaturated/α-hetero) is 1. The Morgan fingerprint density at radius 3 is 2.14 bits per heavy atom. The van der Waals surface area contributed by atoms with E-state index in [0.717, 1.165) is 0 Å². The van der Waals surface area contributed by atoms with E-state index in [1.165, 1.54) is 31.4 Å². The Hall–Kier alpha value is -8.60. The van der Waals surface area contributed by atoms with Gasteiger partial charge in [0.25, 0.3) is 5.91 Å². The van der Waals surface area contributed by atoms with Gasteiger partial charge in [-0.25, -0.2) is 14.6 Å². The summed E-state index contributed by atoms with van der Waals surface area (Å²) in [6.45, 7) is 17.6. The summed E-state index contributed by atoms with van der Waals surface area (Å²) in [5.74, 6) is -3.91.